The first kappa shape index (κ1) is 23.4. The zero-order valence-electron chi connectivity index (χ0n) is 17.3. The summed E-state index contributed by atoms with van der Waals surface area (Å²) in [5.74, 6) is 3.31. The maximum absolute atomic E-state index is 6.35. The number of halogens is 2. The second kappa shape index (κ2) is 12.0. The van der Waals surface area contributed by atoms with Crippen LogP contribution in [0.15, 0.2) is 18.2 Å². The number of nitrogens with one attached hydrogen (secondary N) is 1. The van der Waals surface area contributed by atoms with Crippen LogP contribution in [0.1, 0.15) is 77.7 Å². The van der Waals surface area contributed by atoms with E-state index in [0.29, 0.717) is 22.0 Å². The number of hydrogen-bond donors (Lipinski definition) is 1. The molecule has 1 aliphatic rings. The van der Waals surface area contributed by atoms with Crippen molar-refractivity contribution in [1.82, 2.24) is 5.32 Å². The second-order valence-corrected chi connectivity index (χ2v) is 10.5. The van der Waals surface area contributed by atoms with Gasteiger partial charge in [0.05, 0.1) is 10.0 Å². The van der Waals surface area contributed by atoms with Crippen LogP contribution in [0.5, 0.6) is 0 Å². The van der Waals surface area contributed by atoms with Crippen LogP contribution in [0.3, 0.4) is 0 Å². The quantitative estimate of drug-likeness (QED) is 0.321. The molecule has 0 radical (unpaired) electrons. The number of benzene rings is 1. The first-order valence-electron chi connectivity index (χ1n) is 10.8. The normalized spacial score (nSPS) is 17.1. The Balaban J connectivity index is 1.94. The van der Waals surface area contributed by atoms with Crippen molar-refractivity contribution < 1.29 is 0 Å². The molecule has 1 aromatic carbocycles. The fraction of sp³-hybridized carbons (Fsp3) is 0.739. The van der Waals surface area contributed by atoms with E-state index in [1.54, 1.807) is 0 Å². The molecule has 1 unspecified atom stereocenters. The molecule has 0 aliphatic heterocycles. The molecule has 27 heavy (non-hydrogen) atoms. The largest absolute Gasteiger partial charge is 0.313 e. The molecule has 154 valence electrons. The van der Waals surface area contributed by atoms with Crippen LogP contribution in [0.2, 0.25) is 10.0 Å². The van der Waals surface area contributed by atoms with Crippen molar-refractivity contribution in [3.05, 3.63) is 33.8 Å². The summed E-state index contributed by atoms with van der Waals surface area (Å²) in [5.41, 5.74) is 1.60. The number of rotatable bonds is 13. The maximum Gasteiger partial charge on any atom is 0.0595 e. The predicted octanol–water partition coefficient (Wildman–Crippen LogP) is 7.73. The summed E-state index contributed by atoms with van der Waals surface area (Å²) < 4.78 is 0. The number of hydrogen-bond acceptors (Lipinski definition) is 2. The van der Waals surface area contributed by atoms with Crippen LogP contribution in [0, 0.1) is 5.92 Å². The highest BCUT2D eigenvalue weighted by atomic mass is 35.5. The first-order chi connectivity index (χ1) is 13.0. The van der Waals surface area contributed by atoms with Crippen molar-refractivity contribution in [2.24, 2.45) is 5.92 Å². The average molecular weight is 431 g/mol. The van der Waals surface area contributed by atoms with Crippen LogP contribution < -0.4 is 5.32 Å². The second-order valence-electron chi connectivity index (χ2n) is 8.45. The van der Waals surface area contributed by atoms with Gasteiger partial charge < -0.3 is 5.32 Å². The Morgan fingerprint density at radius 3 is 2.41 bits per heavy atom. The molecule has 1 aromatic rings. The molecule has 0 bridgehead atoms. The summed E-state index contributed by atoms with van der Waals surface area (Å²) in [6.07, 6.45) is 10.3. The molecule has 0 spiro atoms. The summed E-state index contributed by atoms with van der Waals surface area (Å²) in [5, 5.41) is 5.29. The Morgan fingerprint density at radius 2 is 1.81 bits per heavy atom. The SMILES string of the molecule is CCCCSCCCCNC(CC(C)C)C1(c2ccc(Cl)c(Cl)c2)CCC1. The Bertz CT molecular complexity index is 557. The number of thioether (sulfide) groups is 1. The third-order valence-corrected chi connectivity index (χ3v) is 7.76. The van der Waals surface area contributed by atoms with Crippen molar-refractivity contribution in [1.29, 1.82) is 0 Å². The van der Waals surface area contributed by atoms with Crippen LogP contribution in [0.25, 0.3) is 0 Å². The van der Waals surface area contributed by atoms with E-state index < -0.39 is 0 Å². The summed E-state index contributed by atoms with van der Waals surface area (Å²) in [7, 11) is 0. The van der Waals surface area contributed by atoms with Gasteiger partial charge in [-0.1, -0.05) is 62.9 Å². The third kappa shape index (κ3) is 6.84. The lowest BCUT2D eigenvalue weighted by atomic mass is 9.59. The minimum absolute atomic E-state index is 0.231. The molecule has 0 amide bonds. The molecule has 1 nitrogen and oxygen atoms in total. The molecule has 4 heteroatoms. The molecule has 0 saturated heterocycles. The Morgan fingerprint density at radius 1 is 1.07 bits per heavy atom. The highest BCUT2D eigenvalue weighted by Gasteiger charge is 2.45. The van der Waals surface area contributed by atoms with E-state index in [1.807, 2.05) is 6.07 Å². The summed E-state index contributed by atoms with van der Waals surface area (Å²) in [4.78, 5) is 0. The van der Waals surface area contributed by atoms with Crippen LogP contribution in [-0.4, -0.2) is 24.1 Å². The van der Waals surface area contributed by atoms with Gasteiger partial charge in [-0.3, -0.25) is 0 Å². The highest BCUT2D eigenvalue weighted by molar-refractivity contribution is 7.99. The minimum atomic E-state index is 0.231. The van der Waals surface area contributed by atoms with Gasteiger partial charge in [0.2, 0.25) is 0 Å². The van der Waals surface area contributed by atoms with Gasteiger partial charge in [-0.15, -0.1) is 0 Å². The van der Waals surface area contributed by atoms with Crippen molar-refractivity contribution in [2.45, 2.75) is 83.6 Å². The van der Waals surface area contributed by atoms with Gasteiger partial charge in [-0.2, -0.15) is 11.8 Å². The standard InChI is InChI=1S/C23H37Cl2NS/c1-4-5-14-27-15-7-6-13-26-22(16-18(2)3)23(11-8-12-23)19-9-10-20(24)21(25)17-19/h9-10,17-18,22,26H,4-8,11-16H2,1-3H3. The van der Waals surface area contributed by atoms with Crippen molar-refractivity contribution in [3.63, 3.8) is 0 Å². The summed E-state index contributed by atoms with van der Waals surface area (Å²) >= 11 is 14.6. The van der Waals surface area contributed by atoms with Gasteiger partial charge in [0.1, 0.15) is 0 Å². The molecule has 0 heterocycles. The molecule has 1 saturated carbocycles. The van der Waals surface area contributed by atoms with Gasteiger partial charge in [0.25, 0.3) is 0 Å². The lowest BCUT2D eigenvalue weighted by molar-refractivity contribution is 0.151. The Labute approximate surface area is 181 Å². The van der Waals surface area contributed by atoms with Crippen molar-refractivity contribution >= 4 is 35.0 Å². The fourth-order valence-corrected chi connectivity index (χ4v) is 5.53. The molecule has 0 aromatic heterocycles. The zero-order chi connectivity index (χ0) is 19.7. The van der Waals surface area contributed by atoms with E-state index in [1.165, 1.54) is 68.4 Å². The van der Waals surface area contributed by atoms with Crippen molar-refractivity contribution in [3.8, 4) is 0 Å². The fourth-order valence-electron chi connectivity index (χ4n) is 4.13. The van der Waals surface area contributed by atoms with E-state index in [2.05, 4.69) is 50.0 Å². The molecule has 1 fully saturated rings. The van der Waals surface area contributed by atoms with Gasteiger partial charge >= 0.3 is 0 Å². The van der Waals surface area contributed by atoms with Crippen LogP contribution in [0.4, 0.5) is 0 Å². The average Bonchev–Trinajstić information content (AvgIpc) is 2.58. The lowest BCUT2D eigenvalue weighted by Gasteiger charge is -2.49. The number of unbranched alkanes of at least 4 members (excludes halogenated alkanes) is 2. The third-order valence-electron chi connectivity index (χ3n) is 5.86. The van der Waals surface area contributed by atoms with E-state index in [-0.39, 0.29) is 5.41 Å². The maximum atomic E-state index is 6.35. The van der Waals surface area contributed by atoms with Crippen LogP contribution >= 0.6 is 35.0 Å². The van der Waals surface area contributed by atoms with Gasteiger partial charge in [-0.25, -0.2) is 0 Å². The van der Waals surface area contributed by atoms with E-state index >= 15 is 0 Å². The predicted molar refractivity (Wildman–Crippen MR) is 125 cm³/mol. The Hall–Kier alpha value is 0.110. The van der Waals surface area contributed by atoms with Gasteiger partial charge in [0.15, 0.2) is 0 Å². The summed E-state index contributed by atoms with van der Waals surface area (Å²) in [6, 6.07) is 6.81. The van der Waals surface area contributed by atoms with E-state index in [4.69, 9.17) is 23.2 Å². The molecule has 1 atom stereocenters. The molecule has 2 rings (SSSR count). The molecule has 1 aliphatic carbocycles. The van der Waals surface area contributed by atoms with E-state index in [9.17, 15) is 0 Å². The van der Waals surface area contributed by atoms with Crippen LogP contribution in [-0.2, 0) is 5.41 Å². The van der Waals surface area contributed by atoms with Gasteiger partial charge in [-0.05, 0) is 80.2 Å². The topological polar surface area (TPSA) is 12.0 Å². The Kier molecular flexibility index (Phi) is 10.4. The molecular weight excluding hydrogens is 393 g/mol. The molecular formula is C23H37Cl2NS. The monoisotopic (exact) mass is 429 g/mol. The zero-order valence-corrected chi connectivity index (χ0v) is 19.7. The first-order valence-corrected chi connectivity index (χ1v) is 12.7. The minimum Gasteiger partial charge on any atom is -0.313 e. The van der Waals surface area contributed by atoms with Crippen molar-refractivity contribution in [2.75, 3.05) is 18.1 Å². The smallest absolute Gasteiger partial charge is 0.0595 e. The lowest BCUT2D eigenvalue weighted by Crippen LogP contribution is -2.53. The van der Waals surface area contributed by atoms with Gasteiger partial charge in [0, 0.05) is 11.5 Å². The van der Waals surface area contributed by atoms with E-state index in [0.717, 1.165) is 6.54 Å². The summed E-state index contributed by atoms with van der Waals surface area (Å²) in [6.45, 7) is 8.05. The molecule has 1 N–H and O–H groups in total. The highest BCUT2D eigenvalue weighted by Crippen LogP contribution is 2.49.